The fraction of sp³-hybridized carbons (Fsp3) is 0.235. The van der Waals surface area contributed by atoms with Crippen LogP contribution in [0.15, 0.2) is 36.7 Å². The maximum absolute atomic E-state index is 9.81. The number of rotatable bonds is 5. The average molecular weight is 322 g/mol. The number of aliphatic hydroxyl groups is 1. The van der Waals surface area contributed by atoms with Gasteiger partial charge in [0.15, 0.2) is 5.65 Å². The average Bonchev–Trinajstić information content (AvgIpc) is 3.21. The zero-order valence-corrected chi connectivity index (χ0v) is 13.2. The van der Waals surface area contributed by atoms with Crippen molar-refractivity contribution in [3.05, 3.63) is 48.0 Å². The van der Waals surface area contributed by atoms with E-state index < -0.39 is 0 Å². The molecule has 24 heavy (non-hydrogen) atoms. The molecular formula is C17H18N6O. The monoisotopic (exact) mass is 322 g/mol. The van der Waals surface area contributed by atoms with E-state index in [4.69, 9.17) is 0 Å². The Labute approximate surface area is 138 Å². The van der Waals surface area contributed by atoms with Crippen LogP contribution in [0.1, 0.15) is 11.4 Å². The van der Waals surface area contributed by atoms with Crippen LogP contribution in [-0.4, -0.2) is 42.9 Å². The number of H-pyrrole nitrogens is 2. The third-order valence-corrected chi connectivity index (χ3v) is 4.12. The van der Waals surface area contributed by atoms with Crippen LogP contribution in [-0.2, 0) is 6.42 Å². The van der Waals surface area contributed by atoms with Gasteiger partial charge < -0.3 is 15.4 Å². The lowest BCUT2D eigenvalue weighted by atomic mass is 10.1. The molecule has 0 amide bonds. The Kier molecular flexibility index (Phi) is 3.62. The molecule has 0 spiro atoms. The van der Waals surface area contributed by atoms with E-state index in [1.54, 1.807) is 6.20 Å². The summed E-state index contributed by atoms with van der Waals surface area (Å²) in [5, 5.41) is 22.0. The highest BCUT2D eigenvalue weighted by molar-refractivity contribution is 5.86. The summed E-state index contributed by atoms with van der Waals surface area (Å²) < 4.78 is 0. The highest BCUT2D eigenvalue weighted by Crippen LogP contribution is 2.22. The van der Waals surface area contributed by atoms with Crippen molar-refractivity contribution in [1.82, 2.24) is 25.1 Å². The molecule has 122 valence electrons. The summed E-state index contributed by atoms with van der Waals surface area (Å²) in [7, 11) is 0. The molecule has 4 N–H and O–H groups in total. The first kappa shape index (κ1) is 14.6. The minimum Gasteiger partial charge on any atom is -0.394 e. The number of aliphatic hydroxyl groups excluding tert-OH is 1. The first-order chi connectivity index (χ1) is 11.7. The molecule has 0 aliphatic carbocycles. The van der Waals surface area contributed by atoms with Crippen molar-refractivity contribution >= 4 is 27.8 Å². The SMILES string of the molecule is Cc1nc(NC(CO)Cc2c[nH]c3ccccc23)c2cn[nH]c2n1. The molecule has 7 nitrogen and oxygen atoms in total. The van der Waals surface area contributed by atoms with Gasteiger partial charge in [-0.2, -0.15) is 5.10 Å². The van der Waals surface area contributed by atoms with Gasteiger partial charge in [-0.3, -0.25) is 5.10 Å². The highest BCUT2D eigenvalue weighted by Gasteiger charge is 2.15. The van der Waals surface area contributed by atoms with Gasteiger partial charge in [0, 0.05) is 17.1 Å². The first-order valence-corrected chi connectivity index (χ1v) is 7.84. The van der Waals surface area contributed by atoms with Crippen molar-refractivity contribution in [2.45, 2.75) is 19.4 Å². The normalized spacial score (nSPS) is 12.8. The number of hydrogen-bond donors (Lipinski definition) is 4. The number of nitrogens with one attached hydrogen (secondary N) is 3. The van der Waals surface area contributed by atoms with E-state index in [0.29, 0.717) is 23.7 Å². The number of aryl methyl sites for hydroxylation is 1. The second-order valence-electron chi connectivity index (χ2n) is 5.84. The summed E-state index contributed by atoms with van der Waals surface area (Å²) >= 11 is 0. The third kappa shape index (κ3) is 2.59. The largest absolute Gasteiger partial charge is 0.394 e. The molecule has 1 atom stereocenters. The standard InChI is InChI=1S/C17H18N6O/c1-10-20-16(14-8-19-23-17(14)21-10)22-12(9-24)6-11-7-18-15-5-3-2-4-13(11)15/h2-5,7-8,12,18,24H,6,9H2,1H3,(H2,19,20,21,22,23). The molecule has 4 rings (SSSR count). The first-order valence-electron chi connectivity index (χ1n) is 7.84. The lowest BCUT2D eigenvalue weighted by molar-refractivity contribution is 0.273. The van der Waals surface area contributed by atoms with Gasteiger partial charge in [0.1, 0.15) is 11.6 Å². The molecule has 0 aliphatic heterocycles. The molecule has 1 aromatic carbocycles. The number of benzene rings is 1. The zero-order chi connectivity index (χ0) is 16.5. The van der Waals surface area contributed by atoms with Crippen molar-refractivity contribution in [1.29, 1.82) is 0 Å². The van der Waals surface area contributed by atoms with Crippen LogP contribution >= 0.6 is 0 Å². The Morgan fingerprint density at radius 2 is 2.08 bits per heavy atom. The van der Waals surface area contributed by atoms with E-state index in [-0.39, 0.29) is 12.6 Å². The number of fused-ring (bicyclic) bond motifs is 2. The van der Waals surface area contributed by atoms with Gasteiger partial charge in [-0.15, -0.1) is 0 Å². The number of aromatic nitrogens is 5. The van der Waals surface area contributed by atoms with E-state index in [1.807, 2.05) is 31.3 Å². The Hall–Kier alpha value is -2.93. The predicted molar refractivity (Wildman–Crippen MR) is 92.9 cm³/mol. The van der Waals surface area contributed by atoms with Crippen LogP contribution in [0.25, 0.3) is 21.9 Å². The Bertz CT molecular complexity index is 989. The highest BCUT2D eigenvalue weighted by atomic mass is 16.3. The number of nitrogens with zero attached hydrogens (tertiary/aromatic N) is 3. The predicted octanol–water partition coefficient (Wildman–Crippen LogP) is 2.16. The molecule has 1 unspecified atom stereocenters. The number of aromatic amines is 2. The van der Waals surface area contributed by atoms with E-state index in [9.17, 15) is 5.11 Å². The summed E-state index contributed by atoms with van der Waals surface area (Å²) in [6.45, 7) is 1.83. The minimum absolute atomic E-state index is 0.00189. The summed E-state index contributed by atoms with van der Waals surface area (Å²) in [5.74, 6) is 1.34. The molecule has 7 heteroatoms. The molecule has 3 aromatic heterocycles. The second kappa shape index (κ2) is 5.93. The third-order valence-electron chi connectivity index (χ3n) is 4.12. The van der Waals surface area contributed by atoms with Gasteiger partial charge >= 0.3 is 0 Å². The zero-order valence-electron chi connectivity index (χ0n) is 13.2. The van der Waals surface area contributed by atoms with Gasteiger partial charge in [0.25, 0.3) is 0 Å². The molecule has 0 radical (unpaired) electrons. The Morgan fingerprint density at radius 1 is 1.21 bits per heavy atom. The maximum atomic E-state index is 9.81. The van der Waals surface area contributed by atoms with E-state index in [2.05, 4.69) is 36.5 Å². The molecule has 0 saturated carbocycles. The Balaban J connectivity index is 1.63. The van der Waals surface area contributed by atoms with Crippen LogP contribution in [0, 0.1) is 6.92 Å². The molecule has 0 bridgehead atoms. The maximum Gasteiger partial charge on any atom is 0.161 e. The van der Waals surface area contributed by atoms with Crippen molar-refractivity contribution in [3.8, 4) is 0 Å². The second-order valence-corrected chi connectivity index (χ2v) is 5.84. The summed E-state index contributed by atoms with van der Waals surface area (Å²) in [5.41, 5.74) is 2.94. The van der Waals surface area contributed by atoms with Crippen molar-refractivity contribution in [2.75, 3.05) is 11.9 Å². The minimum atomic E-state index is -0.156. The van der Waals surface area contributed by atoms with Crippen molar-refractivity contribution in [3.63, 3.8) is 0 Å². The molecule has 0 saturated heterocycles. The van der Waals surface area contributed by atoms with Crippen LogP contribution in [0.4, 0.5) is 5.82 Å². The van der Waals surface area contributed by atoms with Crippen LogP contribution in [0.2, 0.25) is 0 Å². The van der Waals surface area contributed by atoms with Crippen LogP contribution in [0.3, 0.4) is 0 Å². The number of hydrogen-bond acceptors (Lipinski definition) is 5. The number of anilines is 1. The quantitative estimate of drug-likeness (QED) is 0.451. The van der Waals surface area contributed by atoms with Gasteiger partial charge in [-0.05, 0) is 25.0 Å². The van der Waals surface area contributed by atoms with Crippen LogP contribution in [0.5, 0.6) is 0 Å². The van der Waals surface area contributed by atoms with E-state index in [1.165, 1.54) is 5.39 Å². The molecule has 4 aromatic rings. The van der Waals surface area contributed by atoms with Crippen molar-refractivity contribution in [2.24, 2.45) is 0 Å². The smallest absolute Gasteiger partial charge is 0.161 e. The fourth-order valence-corrected chi connectivity index (χ4v) is 2.98. The van der Waals surface area contributed by atoms with Crippen LogP contribution < -0.4 is 5.32 Å². The number of para-hydroxylation sites is 1. The van der Waals surface area contributed by atoms with Gasteiger partial charge in [-0.1, -0.05) is 18.2 Å². The molecular weight excluding hydrogens is 304 g/mol. The van der Waals surface area contributed by atoms with E-state index >= 15 is 0 Å². The Morgan fingerprint density at radius 3 is 2.96 bits per heavy atom. The van der Waals surface area contributed by atoms with Crippen molar-refractivity contribution < 1.29 is 5.11 Å². The fourth-order valence-electron chi connectivity index (χ4n) is 2.98. The summed E-state index contributed by atoms with van der Waals surface area (Å²) in [6, 6.07) is 7.99. The van der Waals surface area contributed by atoms with Gasteiger partial charge in [0.2, 0.25) is 0 Å². The van der Waals surface area contributed by atoms with Gasteiger partial charge in [0.05, 0.1) is 24.2 Å². The summed E-state index contributed by atoms with van der Waals surface area (Å²) in [6.07, 6.45) is 4.37. The topological polar surface area (TPSA) is 103 Å². The molecule has 3 heterocycles. The molecule has 0 aliphatic rings. The lowest BCUT2D eigenvalue weighted by Gasteiger charge is -2.17. The summed E-state index contributed by atoms with van der Waals surface area (Å²) in [4.78, 5) is 12.0. The van der Waals surface area contributed by atoms with E-state index in [0.717, 1.165) is 16.5 Å². The molecule has 0 fully saturated rings. The lowest BCUT2D eigenvalue weighted by Crippen LogP contribution is -2.27. The van der Waals surface area contributed by atoms with Gasteiger partial charge in [-0.25, -0.2) is 9.97 Å².